The zero-order chi connectivity index (χ0) is 12.5. The second kappa shape index (κ2) is 4.19. The molecule has 0 aromatic rings. The van der Waals surface area contributed by atoms with Gasteiger partial charge in [0.05, 0.1) is 16.8 Å². The number of hydrogen-bond donors (Lipinski definition) is 0. The van der Waals surface area contributed by atoms with Crippen molar-refractivity contribution in [2.75, 3.05) is 0 Å². The van der Waals surface area contributed by atoms with Crippen molar-refractivity contribution < 1.29 is 52.7 Å². The van der Waals surface area contributed by atoms with Crippen molar-refractivity contribution in [3.05, 3.63) is 0 Å². The molecule has 0 spiro atoms. The molecular weight excluding hydrogens is 325 g/mol. The fourth-order valence-electron chi connectivity index (χ4n) is 2.23. The van der Waals surface area contributed by atoms with Crippen molar-refractivity contribution in [1.82, 2.24) is 4.90 Å². The molecule has 90 valence electrons. The number of carbonyl (C=O) groups is 2. The molecule has 3 atom stereocenters. The van der Waals surface area contributed by atoms with Gasteiger partial charge in [-0.05, 0) is 13.8 Å². The number of hydrogen-bond acceptors (Lipinski definition) is 5. The van der Waals surface area contributed by atoms with E-state index in [-0.39, 0.29) is 29.6 Å². The maximum Gasteiger partial charge on any atom is 1.00 e. The Kier molecular flexibility index (Phi) is 3.81. The van der Waals surface area contributed by atoms with E-state index >= 15 is 0 Å². The van der Waals surface area contributed by atoms with Crippen LogP contribution in [-0.2, 0) is 19.4 Å². The monoisotopic (exact) mass is 333 g/mol. The van der Waals surface area contributed by atoms with E-state index < -0.39 is 42.7 Å². The minimum absolute atomic E-state index is 0. The van der Waals surface area contributed by atoms with Gasteiger partial charge >= 0.3 is 29.6 Å². The summed E-state index contributed by atoms with van der Waals surface area (Å²) in [5.41, 5.74) is 0. The Morgan fingerprint density at radius 3 is 2.35 bits per heavy atom. The minimum atomic E-state index is -3.70. The van der Waals surface area contributed by atoms with Crippen LogP contribution in [0.25, 0.3) is 0 Å². The maximum atomic E-state index is 12.0. The minimum Gasteiger partial charge on any atom is -0.548 e. The van der Waals surface area contributed by atoms with Crippen LogP contribution in [0.5, 0.6) is 0 Å². The van der Waals surface area contributed by atoms with Gasteiger partial charge in [0.1, 0.15) is 4.83 Å². The summed E-state index contributed by atoms with van der Waals surface area (Å²) in [5, 5.41) is 9.88. The summed E-state index contributed by atoms with van der Waals surface area (Å²) >= 11 is 2.95. The molecule has 2 unspecified atom stereocenters. The van der Waals surface area contributed by atoms with Crippen molar-refractivity contribution in [3.63, 3.8) is 0 Å². The first kappa shape index (κ1) is 15.4. The second-order valence-corrected chi connectivity index (χ2v) is 8.02. The molecule has 0 bridgehead atoms. The van der Waals surface area contributed by atoms with Crippen molar-refractivity contribution in [2.24, 2.45) is 0 Å². The molecule has 6 nitrogen and oxygen atoms in total. The Hall–Kier alpha value is 0.370. The molecule has 17 heavy (non-hydrogen) atoms. The number of rotatable bonds is 1. The van der Waals surface area contributed by atoms with E-state index in [2.05, 4.69) is 15.9 Å². The number of β-lactam (4-membered cyclic amide) rings is 1. The standard InChI is InChI=1S/C8H10BrNO5S.Na/c1-8(2)4(7(12)13)10-5(11)3(9)6(10)16(8,14)15;/h3-4,6H,1-2H3,(H,12,13);/q;+1/p-1/t3?,4-,6?;/m0./s1. The molecule has 0 saturated carbocycles. The summed E-state index contributed by atoms with van der Waals surface area (Å²) in [6.45, 7) is 2.60. The van der Waals surface area contributed by atoms with Crippen molar-refractivity contribution in [3.8, 4) is 0 Å². The zero-order valence-corrected chi connectivity index (χ0v) is 13.9. The van der Waals surface area contributed by atoms with Crippen LogP contribution in [-0.4, -0.2) is 46.2 Å². The molecular formula is C8H9BrNNaO5S. The zero-order valence-electron chi connectivity index (χ0n) is 9.51. The van der Waals surface area contributed by atoms with Gasteiger partial charge in [0.25, 0.3) is 0 Å². The summed E-state index contributed by atoms with van der Waals surface area (Å²) in [5.74, 6) is -2.06. The number of nitrogens with zero attached hydrogens (tertiary/aromatic N) is 1. The maximum absolute atomic E-state index is 12.0. The van der Waals surface area contributed by atoms with Crippen LogP contribution in [0.15, 0.2) is 0 Å². The van der Waals surface area contributed by atoms with Gasteiger partial charge in [-0.15, -0.1) is 0 Å². The fraction of sp³-hybridized carbons (Fsp3) is 0.750. The van der Waals surface area contributed by atoms with Crippen LogP contribution in [0.1, 0.15) is 13.8 Å². The molecule has 9 heteroatoms. The average Bonchev–Trinajstić information content (AvgIpc) is 2.28. The van der Waals surface area contributed by atoms with Crippen LogP contribution in [0.3, 0.4) is 0 Å². The number of alkyl halides is 1. The molecule has 2 aliphatic rings. The number of fused-ring (bicyclic) bond motifs is 1. The smallest absolute Gasteiger partial charge is 0.548 e. The van der Waals surface area contributed by atoms with Gasteiger partial charge in [0, 0.05) is 0 Å². The van der Waals surface area contributed by atoms with Gasteiger partial charge in [0.15, 0.2) is 15.2 Å². The van der Waals surface area contributed by atoms with Crippen molar-refractivity contribution in [1.29, 1.82) is 0 Å². The largest absolute Gasteiger partial charge is 1.00 e. The SMILES string of the molecule is CC1(C)[C@H](C(=O)[O-])N2C(=O)C(Br)C2S1(=O)=O.[Na+]. The quantitative estimate of drug-likeness (QED) is 0.273. The van der Waals surface area contributed by atoms with E-state index in [1.165, 1.54) is 13.8 Å². The Morgan fingerprint density at radius 1 is 1.47 bits per heavy atom. The molecule has 0 N–H and O–H groups in total. The van der Waals surface area contributed by atoms with Crippen LogP contribution in [0.4, 0.5) is 0 Å². The molecule has 2 aliphatic heterocycles. The van der Waals surface area contributed by atoms with Crippen LogP contribution >= 0.6 is 15.9 Å². The third-order valence-electron chi connectivity index (χ3n) is 3.23. The second-order valence-electron chi connectivity index (χ2n) is 4.41. The Balaban J connectivity index is 0.00000144. The normalized spacial score (nSPS) is 36.8. The first-order chi connectivity index (χ1) is 7.14. The number of sulfone groups is 1. The molecule has 2 rings (SSSR count). The molecule has 1 amide bonds. The van der Waals surface area contributed by atoms with Gasteiger partial charge in [-0.25, -0.2) is 8.42 Å². The van der Waals surface area contributed by atoms with Gasteiger partial charge in [0.2, 0.25) is 5.91 Å². The first-order valence-corrected chi connectivity index (χ1v) is 7.01. The van der Waals surface area contributed by atoms with Crippen molar-refractivity contribution >= 4 is 37.6 Å². The Labute approximate surface area is 129 Å². The number of amides is 1. The van der Waals surface area contributed by atoms with Crippen LogP contribution in [0, 0.1) is 0 Å². The van der Waals surface area contributed by atoms with Gasteiger partial charge in [-0.1, -0.05) is 15.9 Å². The number of carboxylic acid groups (broad SMARTS) is 1. The molecule has 2 heterocycles. The van der Waals surface area contributed by atoms with E-state index in [1.807, 2.05) is 0 Å². The summed E-state index contributed by atoms with van der Waals surface area (Å²) < 4.78 is 22.5. The predicted molar refractivity (Wildman–Crippen MR) is 55.1 cm³/mol. The molecule has 2 fully saturated rings. The molecule has 2 saturated heterocycles. The van der Waals surface area contributed by atoms with E-state index in [1.54, 1.807) is 0 Å². The molecule has 0 aliphatic carbocycles. The number of carboxylic acids is 1. The summed E-state index contributed by atoms with van der Waals surface area (Å²) in [7, 11) is -3.70. The number of carbonyl (C=O) groups excluding carboxylic acids is 2. The van der Waals surface area contributed by atoms with Gasteiger partial charge < -0.3 is 14.8 Å². The van der Waals surface area contributed by atoms with E-state index in [4.69, 9.17) is 0 Å². The van der Waals surface area contributed by atoms with E-state index in [0.29, 0.717) is 0 Å². The van der Waals surface area contributed by atoms with Gasteiger partial charge in [-0.2, -0.15) is 0 Å². The van der Waals surface area contributed by atoms with Crippen LogP contribution < -0.4 is 34.7 Å². The first-order valence-electron chi connectivity index (χ1n) is 4.54. The summed E-state index contributed by atoms with van der Waals surface area (Å²) in [6.07, 6.45) is 0. The Morgan fingerprint density at radius 2 is 1.94 bits per heavy atom. The predicted octanol–water partition coefficient (Wildman–Crippen LogP) is -4.75. The Bertz CT molecular complexity index is 490. The van der Waals surface area contributed by atoms with Gasteiger partial charge in [-0.3, -0.25) is 4.79 Å². The van der Waals surface area contributed by atoms with Crippen molar-refractivity contribution in [2.45, 2.75) is 34.8 Å². The summed E-state index contributed by atoms with van der Waals surface area (Å²) in [6, 6.07) is -1.41. The number of halogens is 1. The molecule has 0 radical (unpaired) electrons. The number of aliphatic carboxylic acids is 1. The van der Waals surface area contributed by atoms with E-state index in [0.717, 1.165) is 4.90 Å². The molecule has 0 aromatic carbocycles. The summed E-state index contributed by atoms with van der Waals surface area (Å²) in [4.78, 5) is 22.5. The topological polar surface area (TPSA) is 94.6 Å². The third-order valence-corrected chi connectivity index (χ3v) is 7.29. The fourth-order valence-corrected chi connectivity index (χ4v) is 5.67. The third kappa shape index (κ3) is 1.64. The van der Waals surface area contributed by atoms with E-state index in [9.17, 15) is 23.1 Å². The van der Waals surface area contributed by atoms with Crippen LogP contribution in [0.2, 0.25) is 0 Å². The molecule has 0 aromatic heterocycles. The average molecular weight is 334 g/mol.